The zero-order valence-electron chi connectivity index (χ0n) is 16.0. The van der Waals surface area contributed by atoms with Crippen molar-refractivity contribution in [1.82, 2.24) is 14.9 Å². The summed E-state index contributed by atoms with van der Waals surface area (Å²) < 4.78 is 0. The lowest BCUT2D eigenvalue weighted by atomic mass is 10.1. The van der Waals surface area contributed by atoms with Crippen LogP contribution in [-0.2, 0) is 4.79 Å². The van der Waals surface area contributed by atoms with E-state index in [0.717, 1.165) is 0 Å². The summed E-state index contributed by atoms with van der Waals surface area (Å²) in [5.41, 5.74) is 1.63. The van der Waals surface area contributed by atoms with Crippen molar-refractivity contribution in [2.24, 2.45) is 0 Å². The number of hydrogen-bond acceptors (Lipinski definition) is 5. The summed E-state index contributed by atoms with van der Waals surface area (Å²) in [6.45, 7) is 5.71. The van der Waals surface area contributed by atoms with Crippen molar-refractivity contribution in [3.05, 3.63) is 46.4 Å². The van der Waals surface area contributed by atoms with Gasteiger partial charge >= 0.3 is 0 Å². The second kappa shape index (κ2) is 9.19. The Morgan fingerprint density at radius 2 is 2.00 bits per heavy atom. The smallest absolute Gasteiger partial charge is 0.258 e. The van der Waals surface area contributed by atoms with Crippen LogP contribution in [0, 0.1) is 6.92 Å². The lowest BCUT2D eigenvalue weighted by Gasteiger charge is -2.20. The average Bonchev–Trinajstić information content (AvgIpc) is 2.60. The summed E-state index contributed by atoms with van der Waals surface area (Å²) >= 11 is 7.31. The van der Waals surface area contributed by atoms with Crippen molar-refractivity contribution in [2.45, 2.75) is 31.7 Å². The number of anilines is 1. The first-order valence-corrected chi connectivity index (χ1v) is 10.1. The maximum absolute atomic E-state index is 12.9. The minimum atomic E-state index is -0.309. The van der Waals surface area contributed by atoms with E-state index in [2.05, 4.69) is 15.3 Å². The fourth-order valence-corrected chi connectivity index (χ4v) is 3.28. The molecular weight excluding hydrogens is 384 g/mol. The van der Waals surface area contributed by atoms with Crippen molar-refractivity contribution in [3.8, 4) is 0 Å². The number of hydrogen-bond donors (Lipinski definition) is 1. The summed E-state index contributed by atoms with van der Waals surface area (Å²) in [6.07, 6.45) is 1.87. The number of nitrogens with zero attached hydrogens (tertiary/aromatic N) is 3. The van der Waals surface area contributed by atoms with Gasteiger partial charge in [0.05, 0.1) is 17.8 Å². The van der Waals surface area contributed by atoms with Crippen LogP contribution in [0.5, 0.6) is 0 Å². The van der Waals surface area contributed by atoms with E-state index in [4.69, 9.17) is 11.6 Å². The number of aryl methyl sites for hydroxylation is 1. The lowest BCUT2D eigenvalue weighted by molar-refractivity contribution is -0.116. The third-order valence-electron chi connectivity index (χ3n) is 3.83. The van der Waals surface area contributed by atoms with Gasteiger partial charge in [0, 0.05) is 23.7 Å². The monoisotopic (exact) mass is 406 g/mol. The van der Waals surface area contributed by atoms with Gasteiger partial charge in [-0.25, -0.2) is 9.97 Å². The van der Waals surface area contributed by atoms with Gasteiger partial charge in [-0.3, -0.25) is 9.59 Å². The fourth-order valence-electron chi connectivity index (χ4n) is 2.46. The molecule has 8 heteroatoms. The highest BCUT2D eigenvalue weighted by Gasteiger charge is 2.23. The molecule has 0 bridgehead atoms. The van der Waals surface area contributed by atoms with Gasteiger partial charge in [0.2, 0.25) is 5.91 Å². The van der Waals surface area contributed by atoms with Gasteiger partial charge in [0.25, 0.3) is 5.91 Å². The summed E-state index contributed by atoms with van der Waals surface area (Å²) in [4.78, 5) is 35.5. The normalized spacial score (nSPS) is 10.8. The third kappa shape index (κ3) is 5.43. The van der Waals surface area contributed by atoms with E-state index < -0.39 is 0 Å². The van der Waals surface area contributed by atoms with Gasteiger partial charge in [0.15, 0.2) is 0 Å². The third-order valence-corrected chi connectivity index (χ3v) is 4.75. The average molecular weight is 407 g/mol. The number of thioether (sulfide) groups is 1. The topological polar surface area (TPSA) is 75.2 Å². The molecule has 2 amide bonds. The molecule has 2 aromatic rings. The Morgan fingerprint density at radius 3 is 2.59 bits per heavy atom. The molecule has 0 aliphatic heterocycles. The Balaban J connectivity index is 2.16. The lowest BCUT2D eigenvalue weighted by Crippen LogP contribution is -2.36. The Morgan fingerprint density at radius 1 is 1.30 bits per heavy atom. The van der Waals surface area contributed by atoms with E-state index in [0.29, 0.717) is 32.8 Å². The molecule has 0 atom stereocenters. The van der Waals surface area contributed by atoms with Gasteiger partial charge < -0.3 is 10.2 Å². The predicted octanol–water partition coefficient (Wildman–Crippen LogP) is 3.99. The SMILES string of the molecule is CSc1nc(C(C)C)nc(C)c1C(=O)N(C)CC(=O)Nc1cccc(Cl)c1. The molecule has 0 spiro atoms. The second-order valence-corrected chi connectivity index (χ2v) is 7.66. The summed E-state index contributed by atoms with van der Waals surface area (Å²) in [5, 5.41) is 3.88. The Kier molecular flexibility index (Phi) is 7.21. The molecule has 1 heterocycles. The van der Waals surface area contributed by atoms with Crippen LogP contribution in [0.4, 0.5) is 5.69 Å². The number of likely N-dealkylation sites (N-methyl/N-ethyl adjacent to an activating group) is 1. The van der Waals surface area contributed by atoms with Gasteiger partial charge in [-0.2, -0.15) is 0 Å². The molecule has 0 saturated heterocycles. The van der Waals surface area contributed by atoms with E-state index in [1.807, 2.05) is 20.1 Å². The van der Waals surface area contributed by atoms with Crippen LogP contribution in [0.25, 0.3) is 0 Å². The molecule has 0 radical (unpaired) electrons. The van der Waals surface area contributed by atoms with Crippen LogP contribution in [0.1, 0.15) is 41.6 Å². The first kappa shape index (κ1) is 21.2. The quantitative estimate of drug-likeness (QED) is 0.579. The second-order valence-electron chi connectivity index (χ2n) is 6.43. The van der Waals surface area contributed by atoms with Crippen molar-refractivity contribution in [3.63, 3.8) is 0 Å². The molecule has 144 valence electrons. The molecule has 6 nitrogen and oxygen atoms in total. The van der Waals surface area contributed by atoms with Crippen molar-refractivity contribution in [2.75, 3.05) is 25.2 Å². The van der Waals surface area contributed by atoms with Crippen LogP contribution >= 0.6 is 23.4 Å². The number of nitrogens with one attached hydrogen (secondary N) is 1. The van der Waals surface area contributed by atoms with Gasteiger partial charge in [-0.15, -0.1) is 11.8 Å². The maximum atomic E-state index is 12.9. The number of halogens is 1. The van der Waals surface area contributed by atoms with Crippen LogP contribution in [-0.4, -0.2) is 46.5 Å². The highest BCUT2D eigenvalue weighted by atomic mass is 35.5. The number of benzene rings is 1. The Bertz CT molecular complexity index is 858. The molecule has 0 saturated carbocycles. The van der Waals surface area contributed by atoms with E-state index >= 15 is 0 Å². The summed E-state index contributed by atoms with van der Waals surface area (Å²) in [5.74, 6) is 0.277. The van der Waals surface area contributed by atoms with Crippen LogP contribution in [0.3, 0.4) is 0 Å². The van der Waals surface area contributed by atoms with Crippen LogP contribution < -0.4 is 5.32 Å². The molecule has 0 aliphatic rings. The molecule has 0 unspecified atom stereocenters. The zero-order chi connectivity index (χ0) is 20.1. The fraction of sp³-hybridized carbons (Fsp3) is 0.368. The van der Waals surface area contributed by atoms with Crippen molar-refractivity contribution >= 4 is 40.9 Å². The molecule has 27 heavy (non-hydrogen) atoms. The van der Waals surface area contributed by atoms with E-state index in [1.54, 1.807) is 38.2 Å². The minimum absolute atomic E-state index is 0.0927. The van der Waals surface area contributed by atoms with E-state index in [-0.39, 0.29) is 24.3 Å². The van der Waals surface area contributed by atoms with E-state index in [9.17, 15) is 9.59 Å². The first-order valence-electron chi connectivity index (χ1n) is 8.46. The Hall–Kier alpha value is -2.12. The summed E-state index contributed by atoms with van der Waals surface area (Å²) in [7, 11) is 1.58. The molecule has 2 rings (SSSR count). The van der Waals surface area contributed by atoms with Gasteiger partial charge in [0.1, 0.15) is 10.9 Å². The first-order chi connectivity index (χ1) is 12.7. The molecule has 0 aliphatic carbocycles. The van der Waals surface area contributed by atoms with Crippen LogP contribution in [0.2, 0.25) is 5.02 Å². The molecule has 1 N–H and O–H groups in total. The number of aromatic nitrogens is 2. The zero-order valence-corrected chi connectivity index (χ0v) is 17.6. The molecule has 0 fully saturated rings. The van der Waals surface area contributed by atoms with Crippen molar-refractivity contribution in [1.29, 1.82) is 0 Å². The highest BCUT2D eigenvalue weighted by molar-refractivity contribution is 7.98. The summed E-state index contributed by atoms with van der Waals surface area (Å²) in [6, 6.07) is 6.85. The largest absolute Gasteiger partial charge is 0.332 e. The number of amides is 2. The standard InChI is InChI=1S/C19H23ClN4O2S/c1-11(2)17-21-12(3)16(18(23-17)27-5)19(26)24(4)10-15(25)22-14-8-6-7-13(20)9-14/h6-9,11H,10H2,1-5H3,(H,22,25). The molecular formula is C19H23ClN4O2S. The molecule has 1 aromatic carbocycles. The van der Waals surface area contributed by atoms with Crippen LogP contribution in [0.15, 0.2) is 29.3 Å². The predicted molar refractivity (Wildman–Crippen MR) is 110 cm³/mol. The molecule has 1 aromatic heterocycles. The van der Waals surface area contributed by atoms with Gasteiger partial charge in [-0.05, 0) is 31.4 Å². The van der Waals surface area contributed by atoms with Crippen molar-refractivity contribution < 1.29 is 9.59 Å². The number of carbonyl (C=O) groups excluding carboxylic acids is 2. The maximum Gasteiger partial charge on any atom is 0.258 e. The Labute approximate surface area is 168 Å². The minimum Gasteiger partial charge on any atom is -0.332 e. The number of rotatable bonds is 6. The van der Waals surface area contributed by atoms with E-state index in [1.165, 1.54) is 16.7 Å². The number of carbonyl (C=O) groups is 2. The highest BCUT2D eigenvalue weighted by Crippen LogP contribution is 2.24. The van der Waals surface area contributed by atoms with Gasteiger partial charge in [-0.1, -0.05) is 31.5 Å².